The Hall–Kier alpha value is -3.56. The minimum absolute atomic E-state index is 0. The van der Waals surface area contributed by atoms with Crippen molar-refractivity contribution in [1.82, 2.24) is 19.5 Å². The van der Waals surface area contributed by atoms with E-state index in [2.05, 4.69) is 115 Å². The van der Waals surface area contributed by atoms with Crippen molar-refractivity contribution in [2.75, 3.05) is 0 Å². The summed E-state index contributed by atoms with van der Waals surface area (Å²) >= 11 is 0. The van der Waals surface area contributed by atoms with Gasteiger partial charge in [-0.05, 0) is 64.9 Å². The third-order valence-electron chi connectivity index (χ3n) is 10.1. The maximum atomic E-state index is 10.8. The van der Waals surface area contributed by atoms with E-state index in [0.29, 0.717) is 0 Å². The molecule has 1 aliphatic rings. The number of imidazole rings is 1. The van der Waals surface area contributed by atoms with Gasteiger partial charge in [-0.3, -0.25) is 4.98 Å². The van der Waals surface area contributed by atoms with Gasteiger partial charge in [-0.25, -0.2) is 9.97 Å². The average molecular weight is 777 g/mol. The Labute approximate surface area is 280 Å². The first-order valence-electron chi connectivity index (χ1n) is 15.5. The summed E-state index contributed by atoms with van der Waals surface area (Å²) in [6.07, 6.45) is 1.81. The smallest absolute Gasteiger partial charge is 0.159 e. The van der Waals surface area contributed by atoms with Gasteiger partial charge in [0.25, 0.3) is 0 Å². The maximum Gasteiger partial charge on any atom is 0.159 e. The molecule has 0 unspecified atom stereocenters. The zero-order chi connectivity index (χ0) is 31.6. The van der Waals surface area contributed by atoms with Gasteiger partial charge >= 0.3 is 0 Å². The fourth-order valence-electron chi connectivity index (χ4n) is 6.96. The van der Waals surface area contributed by atoms with Gasteiger partial charge in [-0.15, -0.1) is 23.8 Å². The van der Waals surface area contributed by atoms with Crippen molar-refractivity contribution in [3.8, 4) is 28.4 Å². The SMILES string of the molecule is CC(C)(C)c1cc(C(C)(C)C)c2c(n1)-c1nc3c(-c4[c-]c5c(cc4)ncc4cccc(O)c45)cccc3n1C(C)(C)C2(C)C.[Pt]. The minimum Gasteiger partial charge on any atom is -0.515 e. The van der Waals surface area contributed by atoms with Crippen LogP contribution in [0, 0.1) is 6.07 Å². The molecule has 6 aromatic rings. The van der Waals surface area contributed by atoms with Crippen molar-refractivity contribution in [2.24, 2.45) is 0 Å². The van der Waals surface area contributed by atoms with Crippen LogP contribution in [-0.4, -0.2) is 24.6 Å². The minimum atomic E-state index is -0.299. The second kappa shape index (κ2) is 9.97. The summed E-state index contributed by atoms with van der Waals surface area (Å²) in [5, 5.41) is 13.3. The average Bonchev–Trinajstić information content (AvgIpc) is 3.35. The summed E-state index contributed by atoms with van der Waals surface area (Å²) in [6.45, 7) is 23.0. The zero-order valence-electron chi connectivity index (χ0n) is 27.8. The molecule has 4 heterocycles. The molecule has 5 nitrogen and oxygen atoms in total. The molecule has 0 fully saturated rings. The van der Waals surface area contributed by atoms with Gasteiger partial charge < -0.3 is 9.67 Å². The third kappa shape index (κ3) is 4.48. The van der Waals surface area contributed by atoms with E-state index in [1.54, 1.807) is 12.3 Å². The largest absolute Gasteiger partial charge is 0.515 e. The molecule has 0 radical (unpaired) electrons. The first-order valence-corrected chi connectivity index (χ1v) is 15.5. The van der Waals surface area contributed by atoms with Crippen LogP contribution in [0.3, 0.4) is 0 Å². The van der Waals surface area contributed by atoms with Gasteiger partial charge in [0.1, 0.15) is 5.69 Å². The molecule has 6 heteroatoms. The predicted octanol–water partition coefficient (Wildman–Crippen LogP) is 9.59. The summed E-state index contributed by atoms with van der Waals surface area (Å²) in [5.41, 5.74) is 8.69. The van der Waals surface area contributed by atoms with Crippen molar-refractivity contribution in [2.45, 2.75) is 91.0 Å². The Bertz CT molecular complexity index is 2160. The number of para-hydroxylation sites is 1. The summed E-state index contributed by atoms with van der Waals surface area (Å²) in [7, 11) is 0. The standard InChI is InChI=1S/C39H41N4O.Pt/c1-36(2,3)26-20-30(37(4,5)6)41-34-32(26)38(7,8)39(9,10)43-28-15-12-14-24(33(28)42-35(34)43)22-17-18-27-25(19-22)31-23(21-40-27)13-11-16-29(31)44;/h11-18,20-21,44H,1-10H3;/q-1;. The van der Waals surface area contributed by atoms with Crippen LogP contribution >= 0.6 is 0 Å². The molecule has 0 spiro atoms. The first kappa shape index (κ1) is 31.4. The number of phenols is 1. The van der Waals surface area contributed by atoms with Crippen LogP contribution in [0.4, 0.5) is 0 Å². The zero-order valence-corrected chi connectivity index (χ0v) is 30.1. The molecule has 0 saturated carbocycles. The maximum absolute atomic E-state index is 10.8. The number of rotatable bonds is 1. The molecule has 0 atom stereocenters. The van der Waals surface area contributed by atoms with Crippen LogP contribution in [0.5, 0.6) is 5.75 Å². The normalized spacial score (nSPS) is 15.6. The predicted molar refractivity (Wildman–Crippen MR) is 181 cm³/mol. The third-order valence-corrected chi connectivity index (χ3v) is 10.1. The molecular formula is C39H41N4OPt-. The molecule has 3 aromatic heterocycles. The fraction of sp³-hybridized carbons (Fsp3) is 0.359. The number of phenolic OH excluding ortho intramolecular Hbond substituents is 1. The quantitative estimate of drug-likeness (QED) is 0.134. The summed E-state index contributed by atoms with van der Waals surface area (Å²) < 4.78 is 2.42. The van der Waals surface area contributed by atoms with Gasteiger partial charge in [0.05, 0.1) is 22.3 Å². The van der Waals surface area contributed by atoms with Gasteiger partial charge in [-0.1, -0.05) is 90.6 Å². The molecule has 7 rings (SSSR count). The van der Waals surface area contributed by atoms with Gasteiger partial charge in [0.2, 0.25) is 0 Å². The Morgan fingerprint density at radius 1 is 0.844 bits per heavy atom. The number of nitrogens with zero attached hydrogens (tertiary/aromatic N) is 4. The number of hydrogen-bond acceptors (Lipinski definition) is 4. The van der Waals surface area contributed by atoms with Crippen LogP contribution < -0.4 is 0 Å². The molecule has 234 valence electrons. The molecule has 45 heavy (non-hydrogen) atoms. The number of fused-ring (bicyclic) bond motifs is 8. The van der Waals surface area contributed by atoms with E-state index in [-0.39, 0.29) is 48.6 Å². The van der Waals surface area contributed by atoms with Crippen molar-refractivity contribution < 1.29 is 26.2 Å². The topological polar surface area (TPSA) is 63.8 Å². The van der Waals surface area contributed by atoms with Crippen molar-refractivity contribution >= 4 is 32.7 Å². The number of hydrogen-bond donors (Lipinski definition) is 1. The van der Waals surface area contributed by atoms with Gasteiger partial charge in [0, 0.05) is 43.8 Å². The van der Waals surface area contributed by atoms with Gasteiger partial charge in [0.15, 0.2) is 5.82 Å². The first-order chi connectivity index (χ1) is 20.5. The number of aromatic hydroxyl groups is 1. The Balaban J connectivity index is 0.00000357. The molecule has 0 bridgehead atoms. The van der Waals surface area contributed by atoms with Crippen LogP contribution in [0.2, 0.25) is 0 Å². The molecular weight excluding hydrogens is 736 g/mol. The molecule has 0 amide bonds. The van der Waals surface area contributed by atoms with E-state index in [1.165, 1.54) is 11.1 Å². The van der Waals surface area contributed by atoms with Gasteiger partial charge in [-0.2, -0.15) is 0 Å². The van der Waals surface area contributed by atoms with Crippen LogP contribution in [0.15, 0.2) is 60.8 Å². The second-order valence-corrected chi connectivity index (χ2v) is 15.5. The summed E-state index contributed by atoms with van der Waals surface area (Å²) in [5.74, 6) is 1.14. The van der Waals surface area contributed by atoms with E-state index < -0.39 is 0 Å². The molecule has 1 N–H and O–H groups in total. The monoisotopic (exact) mass is 776 g/mol. The van der Waals surface area contributed by atoms with E-state index in [9.17, 15) is 5.11 Å². The van der Waals surface area contributed by atoms with E-state index in [4.69, 9.17) is 9.97 Å². The second-order valence-electron chi connectivity index (χ2n) is 15.5. The number of pyridine rings is 2. The van der Waals surface area contributed by atoms with Crippen LogP contribution in [-0.2, 0) is 42.8 Å². The van der Waals surface area contributed by atoms with Crippen LogP contribution in [0.25, 0.3) is 55.4 Å². The van der Waals surface area contributed by atoms with Crippen molar-refractivity contribution in [3.63, 3.8) is 0 Å². The van der Waals surface area contributed by atoms with Crippen LogP contribution in [0.1, 0.15) is 86.1 Å². The summed E-state index contributed by atoms with van der Waals surface area (Å²) in [4.78, 5) is 15.5. The number of aromatic nitrogens is 4. The van der Waals surface area contributed by atoms with Crippen molar-refractivity contribution in [3.05, 3.63) is 83.7 Å². The van der Waals surface area contributed by atoms with E-state index >= 15 is 0 Å². The fourth-order valence-corrected chi connectivity index (χ4v) is 6.96. The molecule has 0 saturated heterocycles. The number of benzene rings is 3. The Morgan fingerprint density at radius 2 is 1.56 bits per heavy atom. The Morgan fingerprint density at radius 3 is 2.24 bits per heavy atom. The van der Waals surface area contributed by atoms with Crippen molar-refractivity contribution in [1.29, 1.82) is 0 Å². The van der Waals surface area contributed by atoms with E-state index in [1.807, 2.05) is 18.2 Å². The summed E-state index contributed by atoms with van der Waals surface area (Å²) in [6, 6.07) is 22.0. The molecule has 1 aliphatic heterocycles. The Kier molecular flexibility index (Phi) is 6.96. The molecule has 0 aliphatic carbocycles. The molecule has 3 aromatic carbocycles. The van der Waals surface area contributed by atoms with E-state index in [0.717, 1.165) is 61.0 Å².